The Morgan fingerprint density at radius 1 is 1.42 bits per heavy atom. The Hall–Kier alpha value is -2.22. The highest BCUT2D eigenvalue weighted by molar-refractivity contribution is 7.15. The lowest BCUT2D eigenvalue weighted by atomic mass is 10.1. The van der Waals surface area contributed by atoms with Crippen LogP contribution in [0.4, 0.5) is 5.13 Å². The van der Waals surface area contributed by atoms with Gasteiger partial charge in [-0.2, -0.15) is 0 Å². The first kappa shape index (κ1) is 17.2. The molecule has 0 unspecified atom stereocenters. The van der Waals surface area contributed by atoms with Crippen LogP contribution in [0.5, 0.6) is 0 Å². The van der Waals surface area contributed by atoms with E-state index in [-0.39, 0.29) is 11.6 Å². The fourth-order valence-electron chi connectivity index (χ4n) is 2.94. The van der Waals surface area contributed by atoms with Crippen LogP contribution in [-0.2, 0) is 19.5 Å². The second kappa shape index (κ2) is 7.19. The van der Waals surface area contributed by atoms with E-state index in [1.54, 1.807) is 13.0 Å². The van der Waals surface area contributed by atoms with Gasteiger partial charge in [-0.25, -0.2) is 4.98 Å². The molecule has 0 radical (unpaired) electrons. The molecule has 1 aliphatic heterocycles. The molecule has 3 heterocycles. The van der Waals surface area contributed by atoms with Crippen LogP contribution in [0.1, 0.15) is 32.4 Å². The summed E-state index contributed by atoms with van der Waals surface area (Å²) >= 11 is 7.78. The minimum Gasteiger partial charge on any atom is -0.361 e. The van der Waals surface area contributed by atoms with Crippen molar-refractivity contribution in [1.82, 2.24) is 15.0 Å². The Kier molecular flexibility index (Phi) is 4.76. The summed E-state index contributed by atoms with van der Waals surface area (Å²) in [6, 6.07) is 9.51. The predicted octanol–water partition coefficient (Wildman–Crippen LogP) is 3.90. The number of carbonyl (C=O) groups is 1. The highest BCUT2D eigenvalue weighted by Gasteiger charge is 2.22. The summed E-state index contributed by atoms with van der Waals surface area (Å²) in [4.78, 5) is 20.3. The van der Waals surface area contributed by atoms with Gasteiger partial charge in [0.05, 0.1) is 5.69 Å². The van der Waals surface area contributed by atoms with Gasteiger partial charge in [-0.3, -0.25) is 15.0 Å². The van der Waals surface area contributed by atoms with Gasteiger partial charge in [-0.1, -0.05) is 35.0 Å². The molecule has 2 aromatic heterocycles. The lowest BCUT2D eigenvalue weighted by molar-refractivity contribution is 0.101. The third-order valence-corrected chi connectivity index (χ3v) is 5.61. The predicted molar refractivity (Wildman–Crippen MR) is 101 cm³/mol. The van der Waals surface area contributed by atoms with Gasteiger partial charge in [0.25, 0.3) is 5.91 Å². The van der Waals surface area contributed by atoms with E-state index in [9.17, 15) is 4.79 Å². The molecule has 3 aromatic rings. The van der Waals surface area contributed by atoms with Gasteiger partial charge in [0.2, 0.25) is 0 Å². The molecule has 26 heavy (non-hydrogen) atoms. The number of benzene rings is 1. The molecule has 0 aliphatic carbocycles. The molecule has 1 aliphatic rings. The number of aryl methyl sites for hydroxylation is 1. The zero-order valence-electron chi connectivity index (χ0n) is 14.2. The number of nitrogens with one attached hydrogen (secondary N) is 1. The first-order valence-corrected chi connectivity index (χ1v) is 9.47. The Morgan fingerprint density at radius 3 is 3.04 bits per heavy atom. The quantitative estimate of drug-likeness (QED) is 0.733. The maximum absolute atomic E-state index is 12.2. The Morgan fingerprint density at radius 2 is 2.27 bits per heavy atom. The lowest BCUT2D eigenvalue weighted by Crippen LogP contribution is -2.29. The smallest absolute Gasteiger partial charge is 0.279 e. The van der Waals surface area contributed by atoms with E-state index in [0.29, 0.717) is 10.9 Å². The molecule has 1 aromatic carbocycles. The molecule has 0 fully saturated rings. The van der Waals surface area contributed by atoms with Crippen molar-refractivity contribution >= 4 is 34.0 Å². The summed E-state index contributed by atoms with van der Waals surface area (Å²) in [5, 5.41) is 7.93. The van der Waals surface area contributed by atoms with Gasteiger partial charge >= 0.3 is 0 Å². The second-order valence-electron chi connectivity index (χ2n) is 6.22. The monoisotopic (exact) mass is 388 g/mol. The van der Waals surface area contributed by atoms with Gasteiger partial charge in [0.1, 0.15) is 5.76 Å². The minimum absolute atomic E-state index is 0.260. The number of rotatable bonds is 4. The van der Waals surface area contributed by atoms with E-state index < -0.39 is 0 Å². The van der Waals surface area contributed by atoms with E-state index in [0.717, 1.165) is 42.3 Å². The number of fused-ring (bicyclic) bond motifs is 1. The van der Waals surface area contributed by atoms with E-state index in [2.05, 4.69) is 26.4 Å². The van der Waals surface area contributed by atoms with E-state index in [1.807, 2.05) is 18.2 Å². The SMILES string of the molecule is Cc1cc(C(=O)Nc2nc3c(s2)CN(Cc2ccccc2Cl)CC3)no1. The summed E-state index contributed by atoms with van der Waals surface area (Å²) in [6.07, 6.45) is 0.856. The maximum Gasteiger partial charge on any atom is 0.279 e. The first-order valence-electron chi connectivity index (χ1n) is 8.27. The van der Waals surface area contributed by atoms with Crippen molar-refractivity contribution in [1.29, 1.82) is 0 Å². The summed E-state index contributed by atoms with van der Waals surface area (Å²) in [6.45, 7) is 4.27. The van der Waals surface area contributed by atoms with Crippen LogP contribution >= 0.6 is 22.9 Å². The van der Waals surface area contributed by atoms with Crippen molar-refractivity contribution in [3.05, 3.63) is 62.9 Å². The topological polar surface area (TPSA) is 71.3 Å². The van der Waals surface area contributed by atoms with Gasteiger partial charge in [0, 0.05) is 42.0 Å². The third kappa shape index (κ3) is 3.65. The maximum atomic E-state index is 12.2. The number of aromatic nitrogens is 2. The van der Waals surface area contributed by atoms with Crippen LogP contribution in [0.2, 0.25) is 5.02 Å². The largest absolute Gasteiger partial charge is 0.361 e. The number of anilines is 1. The van der Waals surface area contributed by atoms with Gasteiger partial charge < -0.3 is 4.52 Å². The van der Waals surface area contributed by atoms with Crippen LogP contribution in [0.25, 0.3) is 0 Å². The highest BCUT2D eigenvalue weighted by Crippen LogP contribution is 2.30. The third-order valence-electron chi connectivity index (χ3n) is 4.24. The van der Waals surface area contributed by atoms with E-state index >= 15 is 0 Å². The van der Waals surface area contributed by atoms with Crippen LogP contribution in [0.15, 0.2) is 34.9 Å². The zero-order chi connectivity index (χ0) is 18.1. The van der Waals surface area contributed by atoms with E-state index in [4.69, 9.17) is 16.1 Å². The second-order valence-corrected chi connectivity index (χ2v) is 7.71. The summed E-state index contributed by atoms with van der Waals surface area (Å²) in [5.41, 5.74) is 2.44. The number of nitrogens with zero attached hydrogens (tertiary/aromatic N) is 3. The highest BCUT2D eigenvalue weighted by atomic mass is 35.5. The molecule has 0 saturated carbocycles. The Labute approximate surface area is 159 Å². The zero-order valence-corrected chi connectivity index (χ0v) is 15.7. The van der Waals surface area contributed by atoms with Crippen LogP contribution in [0.3, 0.4) is 0 Å². The van der Waals surface area contributed by atoms with Crippen molar-refractivity contribution in [2.45, 2.75) is 26.4 Å². The molecule has 0 atom stereocenters. The van der Waals surface area contributed by atoms with Crippen molar-refractivity contribution in [2.75, 3.05) is 11.9 Å². The normalized spacial score (nSPS) is 14.2. The number of amides is 1. The van der Waals surface area contributed by atoms with Crippen LogP contribution in [-0.4, -0.2) is 27.5 Å². The van der Waals surface area contributed by atoms with Crippen LogP contribution in [0, 0.1) is 6.92 Å². The molecule has 4 rings (SSSR count). The number of thiazole rings is 1. The lowest BCUT2D eigenvalue weighted by Gasteiger charge is -2.26. The minimum atomic E-state index is -0.305. The number of halogens is 1. The van der Waals surface area contributed by atoms with Crippen molar-refractivity contribution < 1.29 is 9.32 Å². The van der Waals surface area contributed by atoms with Gasteiger partial charge in [-0.15, -0.1) is 11.3 Å². The number of carbonyl (C=O) groups excluding carboxylic acids is 1. The summed E-state index contributed by atoms with van der Waals surface area (Å²) in [7, 11) is 0. The molecule has 0 saturated heterocycles. The number of hydrogen-bond acceptors (Lipinski definition) is 6. The average molecular weight is 389 g/mol. The average Bonchev–Trinajstić information content (AvgIpc) is 3.22. The summed E-state index contributed by atoms with van der Waals surface area (Å²) < 4.78 is 4.94. The number of hydrogen-bond donors (Lipinski definition) is 1. The van der Waals surface area contributed by atoms with Gasteiger partial charge in [0.15, 0.2) is 10.8 Å². The molecule has 8 heteroatoms. The molecule has 1 N–H and O–H groups in total. The molecule has 0 bridgehead atoms. The van der Waals surface area contributed by atoms with Gasteiger partial charge in [-0.05, 0) is 18.6 Å². The first-order chi connectivity index (χ1) is 12.6. The molecule has 1 amide bonds. The molecule has 134 valence electrons. The Balaban J connectivity index is 1.44. The molecule has 0 spiro atoms. The fourth-order valence-corrected chi connectivity index (χ4v) is 4.18. The summed E-state index contributed by atoms with van der Waals surface area (Å²) in [5.74, 6) is 0.296. The standard InChI is InChI=1S/C18H17ClN4O2S/c1-11-8-15(22-25-11)17(24)21-18-20-14-6-7-23(10-16(14)26-18)9-12-4-2-3-5-13(12)19/h2-5,8H,6-7,9-10H2,1H3,(H,20,21,24). The van der Waals surface area contributed by atoms with Crippen molar-refractivity contribution in [3.63, 3.8) is 0 Å². The van der Waals surface area contributed by atoms with Crippen LogP contribution < -0.4 is 5.32 Å². The molecular weight excluding hydrogens is 372 g/mol. The fraction of sp³-hybridized carbons (Fsp3) is 0.278. The van der Waals surface area contributed by atoms with Crippen molar-refractivity contribution in [2.24, 2.45) is 0 Å². The Bertz CT molecular complexity index is 952. The van der Waals surface area contributed by atoms with E-state index in [1.165, 1.54) is 16.2 Å². The van der Waals surface area contributed by atoms with Crippen molar-refractivity contribution in [3.8, 4) is 0 Å². The molecule has 6 nitrogen and oxygen atoms in total. The molecular formula is C18H17ClN4O2S.